The van der Waals surface area contributed by atoms with Crippen molar-refractivity contribution in [2.45, 2.75) is 46.1 Å². The third-order valence-corrected chi connectivity index (χ3v) is 6.02. The molecule has 130 valence electrons. The second kappa shape index (κ2) is 6.80. The average Bonchev–Trinajstić information content (AvgIpc) is 2.99. The molecule has 1 saturated carbocycles. The van der Waals surface area contributed by atoms with Crippen molar-refractivity contribution in [1.82, 2.24) is 15.1 Å². The van der Waals surface area contributed by atoms with Crippen molar-refractivity contribution in [3.05, 3.63) is 0 Å². The lowest BCUT2D eigenvalue weighted by Gasteiger charge is -2.32. The standard InChI is InChI=1S/C18H31N3O2/c1-12-6-15(7-12)18(23)19-13(2)4-5-20-8-16-10-21(14(3)22)11-17(16)9-20/h12-13,15-17H,4-11H2,1-3H3,(H,19,23)/t12?,13-,15?,16-,17+/m1/s1. The fourth-order valence-corrected chi connectivity index (χ4v) is 4.46. The third kappa shape index (κ3) is 3.87. The molecule has 0 aromatic heterocycles. The number of amides is 2. The van der Waals surface area contributed by atoms with Gasteiger partial charge in [-0.1, -0.05) is 6.92 Å². The van der Waals surface area contributed by atoms with Gasteiger partial charge in [-0.3, -0.25) is 9.59 Å². The van der Waals surface area contributed by atoms with Crippen molar-refractivity contribution < 1.29 is 9.59 Å². The van der Waals surface area contributed by atoms with Gasteiger partial charge in [-0.05, 0) is 43.9 Å². The fraction of sp³-hybridized carbons (Fsp3) is 0.889. The van der Waals surface area contributed by atoms with Crippen LogP contribution in [0.1, 0.15) is 40.0 Å². The summed E-state index contributed by atoms with van der Waals surface area (Å²) in [6.45, 7) is 11.1. The first-order valence-corrected chi connectivity index (χ1v) is 9.20. The Morgan fingerprint density at radius 2 is 1.74 bits per heavy atom. The van der Waals surface area contributed by atoms with E-state index in [4.69, 9.17) is 0 Å². The van der Waals surface area contributed by atoms with Gasteiger partial charge in [0.05, 0.1) is 0 Å². The van der Waals surface area contributed by atoms with Gasteiger partial charge in [0.2, 0.25) is 11.8 Å². The Hall–Kier alpha value is -1.10. The van der Waals surface area contributed by atoms with Crippen LogP contribution in [-0.2, 0) is 9.59 Å². The lowest BCUT2D eigenvalue weighted by molar-refractivity contribution is -0.129. The second-order valence-electron chi connectivity index (χ2n) is 8.18. The van der Waals surface area contributed by atoms with E-state index in [9.17, 15) is 9.59 Å². The van der Waals surface area contributed by atoms with Crippen LogP contribution in [0.25, 0.3) is 0 Å². The van der Waals surface area contributed by atoms with Gasteiger partial charge in [-0.15, -0.1) is 0 Å². The van der Waals surface area contributed by atoms with Crippen LogP contribution in [0.5, 0.6) is 0 Å². The summed E-state index contributed by atoms with van der Waals surface area (Å²) in [6, 6.07) is 0.257. The van der Waals surface area contributed by atoms with Gasteiger partial charge in [0.15, 0.2) is 0 Å². The van der Waals surface area contributed by atoms with E-state index in [1.54, 1.807) is 6.92 Å². The zero-order chi connectivity index (χ0) is 16.6. The van der Waals surface area contributed by atoms with E-state index in [0.717, 1.165) is 57.9 Å². The molecule has 1 N–H and O–H groups in total. The topological polar surface area (TPSA) is 52.7 Å². The van der Waals surface area contributed by atoms with Gasteiger partial charge < -0.3 is 15.1 Å². The Bertz CT molecular complexity index is 447. The molecule has 3 aliphatic rings. The molecule has 2 saturated heterocycles. The van der Waals surface area contributed by atoms with Crippen LogP contribution in [0, 0.1) is 23.7 Å². The minimum atomic E-state index is 0.215. The quantitative estimate of drug-likeness (QED) is 0.831. The number of nitrogens with one attached hydrogen (secondary N) is 1. The van der Waals surface area contributed by atoms with E-state index in [2.05, 4.69) is 24.1 Å². The molecule has 0 unspecified atom stereocenters. The van der Waals surface area contributed by atoms with Crippen molar-refractivity contribution in [2.24, 2.45) is 23.7 Å². The molecular weight excluding hydrogens is 290 g/mol. The molecule has 0 spiro atoms. The van der Waals surface area contributed by atoms with E-state index in [1.165, 1.54) is 0 Å². The van der Waals surface area contributed by atoms with E-state index < -0.39 is 0 Å². The molecular formula is C18H31N3O2. The molecule has 1 aliphatic carbocycles. The van der Waals surface area contributed by atoms with Crippen molar-refractivity contribution in [3.63, 3.8) is 0 Å². The van der Waals surface area contributed by atoms with Crippen molar-refractivity contribution in [2.75, 3.05) is 32.7 Å². The molecule has 0 aromatic rings. The van der Waals surface area contributed by atoms with Gasteiger partial charge in [0.1, 0.15) is 0 Å². The summed E-state index contributed by atoms with van der Waals surface area (Å²) in [5, 5.41) is 3.18. The second-order valence-corrected chi connectivity index (χ2v) is 8.18. The summed E-state index contributed by atoms with van der Waals surface area (Å²) < 4.78 is 0. The highest BCUT2D eigenvalue weighted by Crippen LogP contribution is 2.33. The number of likely N-dealkylation sites (tertiary alicyclic amines) is 2. The summed E-state index contributed by atoms with van der Waals surface area (Å²) >= 11 is 0. The molecule has 5 heteroatoms. The Kier molecular flexibility index (Phi) is 4.95. The molecule has 23 heavy (non-hydrogen) atoms. The van der Waals surface area contributed by atoms with Crippen LogP contribution in [0.3, 0.4) is 0 Å². The first kappa shape index (κ1) is 16.7. The summed E-state index contributed by atoms with van der Waals surface area (Å²) in [5.74, 6) is 2.76. The molecule has 0 bridgehead atoms. The van der Waals surface area contributed by atoms with Crippen LogP contribution in [0.4, 0.5) is 0 Å². The van der Waals surface area contributed by atoms with E-state index in [-0.39, 0.29) is 23.8 Å². The maximum absolute atomic E-state index is 12.1. The number of hydrogen-bond acceptors (Lipinski definition) is 3. The summed E-state index contributed by atoms with van der Waals surface area (Å²) in [7, 11) is 0. The van der Waals surface area contributed by atoms with Crippen LogP contribution in [0.15, 0.2) is 0 Å². The van der Waals surface area contributed by atoms with Crippen molar-refractivity contribution in [1.29, 1.82) is 0 Å². The lowest BCUT2D eigenvalue weighted by atomic mass is 9.75. The summed E-state index contributed by atoms with van der Waals surface area (Å²) in [6.07, 6.45) is 3.13. The summed E-state index contributed by atoms with van der Waals surface area (Å²) in [4.78, 5) is 28.0. The number of hydrogen-bond donors (Lipinski definition) is 1. The largest absolute Gasteiger partial charge is 0.353 e. The number of rotatable bonds is 5. The monoisotopic (exact) mass is 321 g/mol. The van der Waals surface area contributed by atoms with Crippen LogP contribution < -0.4 is 5.32 Å². The maximum Gasteiger partial charge on any atom is 0.223 e. The Morgan fingerprint density at radius 1 is 1.13 bits per heavy atom. The van der Waals surface area contributed by atoms with E-state index >= 15 is 0 Å². The molecule has 2 heterocycles. The highest BCUT2D eigenvalue weighted by Gasteiger charge is 2.40. The molecule has 3 rings (SSSR count). The number of carbonyl (C=O) groups excluding carboxylic acids is 2. The van der Waals surface area contributed by atoms with Crippen molar-refractivity contribution >= 4 is 11.8 Å². The third-order valence-electron chi connectivity index (χ3n) is 6.02. The highest BCUT2D eigenvalue weighted by molar-refractivity contribution is 5.79. The molecule has 3 fully saturated rings. The van der Waals surface area contributed by atoms with Crippen molar-refractivity contribution in [3.8, 4) is 0 Å². The van der Waals surface area contributed by atoms with Crippen LogP contribution >= 0.6 is 0 Å². The zero-order valence-electron chi connectivity index (χ0n) is 14.8. The predicted molar refractivity (Wildman–Crippen MR) is 89.8 cm³/mol. The van der Waals surface area contributed by atoms with Gasteiger partial charge >= 0.3 is 0 Å². The zero-order valence-corrected chi connectivity index (χ0v) is 14.8. The SMILES string of the molecule is CC(=O)N1C[C@H]2CN(CC[C@@H](C)NC(=O)C3CC(C)C3)C[C@H]2C1. The van der Waals surface area contributed by atoms with Crippen LogP contribution in [0.2, 0.25) is 0 Å². The maximum atomic E-state index is 12.1. The van der Waals surface area contributed by atoms with Crippen LogP contribution in [-0.4, -0.2) is 60.4 Å². The van der Waals surface area contributed by atoms with Gasteiger partial charge in [0.25, 0.3) is 0 Å². The minimum Gasteiger partial charge on any atom is -0.353 e. The fourth-order valence-electron chi connectivity index (χ4n) is 4.46. The molecule has 0 aromatic carbocycles. The number of fused-ring (bicyclic) bond motifs is 1. The first-order valence-electron chi connectivity index (χ1n) is 9.20. The van der Waals surface area contributed by atoms with Gasteiger partial charge in [0, 0.05) is 51.6 Å². The number of nitrogens with zero attached hydrogens (tertiary/aromatic N) is 2. The number of carbonyl (C=O) groups is 2. The molecule has 5 nitrogen and oxygen atoms in total. The van der Waals surface area contributed by atoms with Gasteiger partial charge in [-0.2, -0.15) is 0 Å². The first-order chi connectivity index (χ1) is 10.9. The molecule has 0 radical (unpaired) electrons. The Morgan fingerprint density at radius 3 is 2.26 bits per heavy atom. The highest BCUT2D eigenvalue weighted by atomic mass is 16.2. The Labute approximate surface area is 139 Å². The molecule has 2 aliphatic heterocycles. The predicted octanol–water partition coefficient (Wildman–Crippen LogP) is 1.34. The summed E-state index contributed by atoms with van der Waals surface area (Å²) in [5.41, 5.74) is 0. The van der Waals surface area contributed by atoms with E-state index in [1.807, 2.05) is 4.90 Å². The average molecular weight is 321 g/mol. The molecule has 3 atom stereocenters. The normalized spacial score (nSPS) is 34.8. The minimum absolute atomic E-state index is 0.215. The lowest BCUT2D eigenvalue weighted by Crippen LogP contribution is -2.43. The van der Waals surface area contributed by atoms with E-state index in [0.29, 0.717) is 11.8 Å². The molecule has 2 amide bonds. The van der Waals surface area contributed by atoms with Gasteiger partial charge in [-0.25, -0.2) is 0 Å². The Balaban J connectivity index is 1.34. The smallest absolute Gasteiger partial charge is 0.223 e.